The van der Waals surface area contributed by atoms with Gasteiger partial charge >= 0.3 is 18.2 Å². The van der Waals surface area contributed by atoms with E-state index in [1.54, 1.807) is 53.0 Å². The number of aromatic nitrogens is 4. The van der Waals surface area contributed by atoms with Gasteiger partial charge in [-0.05, 0) is 70.6 Å². The number of benzene rings is 2. The van der Waals surface area contributed by atoms with E-state index >= 15 is 0 Å². The Morgan fingerprint density at radius 3 is 2.44 bits per heavy atom. The van der Waals surface area contributed by atoms with E-state index in [1.165, 1.54) is 10.9 Å². The number of allylic oxidation sites excluding steroid dienone is 1. The van der Waals surface area contributed by atoms with E-state index in [2.05, 4.69) is 42.4 Å². The van der Waals surface area contributed by atoms with Crippen LogP contribution in [0, 0.1) is 5.92 Å². The summed E-state index contributed by atoms with van der Waals surface area (Å²) in [6.07, 6.45) is 2.51. The molecule has 4 aromatic rings. The molecule has 3 heterocycles. The minimum atomic E-state index is -1.04. The van der Waals surface area contributed by atoms with Crippen LogP contribution in [0.1, 0.15) is 58.6 Å². The normalized spacial score (nSPS) is 13.9. The molecule has 1 aliphatic rings. The molecule has 3 N–H and O–H groups in total. The molecule has 1 atom stereocenters. The number of methoxy groups -OCH3 is 1. The quantitative estimate of drug-likeness (QED) is 0.0749. The van der Waals surface area contributed by atoms with Gasteiger partial charge in [-0.25, -0.2) is 33.9 Å². The molecule has 1 aliphatic heterocycles. The number of ether oxygens (including phenoxy) is 4. The van der Waals surface area contributed by atoms with Crippen LogP contribution in [0.25, 0.3) is 11.0 Å². The Bertz CT molecular complexity index is 1930. The molecule has 2 aromatic heterocycles. The van der Waals surface area contributed by atoms with Crippen molar-refractivity contribution >= 4 is 46.8 Å². The van der Waals surface area contributed by atoms with Gasteiger partial charge in [0.1, 0.15) is 42.0 Å². The number of amides is 1. The Balaban J connectivity index is 1.22. The number of hydrogen-bond acceptors (Lipinski definition) is 13. The predicted molar refractivity (Wildman–Crippen MR) is 206 cm³/mol. The number of esters is 1. The average molecular weight is 743 g/mol. The molecule has 288 valence electrons. The molecule has 0 aliphatic carbocycles. The lowest BCUT2D eigenvalue weighted by Crippen LogP contribution is -2.48. The van der Waals surface area contributed by atoms with Crippen molar-refractivity contribution < 1.29 is 33.3 Å². The number of piperidine rings is 1. The Hall–Kier alpha value is -5.86. The number of rotatable bonds is 14. The predicted octanol–water partition coefficient (Wildman–Crippen LogP) is 6.29. The molecule has 54 heavy (non-hydrogen) atoms. The summed E-state index contributed by atoms with van der Waals surface area (Å²) in [5.74, 6) is 2.33. The second-order valence-electron chi connectivity index (χ2n) is 14.1. The zero-order valence-electron chi connectivity index (χ0n) is 31.8. The molecule has 1 saturated heterocycles. The maximum atomic E-state index is 13.2. The number of fused-ring (bicyclic) bond motifs is 1. The average Bonchev–Trinajstić information content (AvgIpc) is 3.52. The Labute approximate surface area is 315 Å². The van der Waals surface area contributed by atoms with Crippen LogP contribution in [0.15, 0.2) is 67.2 Å². The zero-order chi connectivity index (χ0) is 38.8. The van der Waals surface area contributed by atoms with Gasteiger partial charge in [0.15, 0.2) is 0 Å². The van der Waals surface area contributed by atoms with Crippen LogP contribution in [0.3, 0.4) is 0 Å². The van der Waals surface area contributed by atoms with E-state index in [0.717, 1.165) is 42.9 Å². The van der Waals surface area contributed by atoms with Crippen LogP contribution in [-0.2, 0) is 32.0 Å². The molecule has 0 bridgehead atoms. The van der Waals surface area contributed by atoms with Crippen LogP contribution in [0.5, 0.6) is 5.75 Å². The SMILES string of the molecule is C=C(C)OC(=O)n1c(NCC2CCN(c3ncnc(NC[C@H](NC(=O)OCc4ccccc4)C(=O)OC(C)(C)C)c3CC)CC2)nc2ccc(OC)cc21. The van der Waals surface area contributed by atoms with E-state index in [4.69, 9.17) is 18.9 Å². The number of carbonyl (C=O) groups is 3. The topological polar surface area (TPSA) is 171 Å². The maximum absolute atomic E-state index is 13.2. The van der Waals surface area contributed by atoms with Gasteiger partial charge in [0.2, 0.25) is 5.95 Å². The van der Waals surface area contributed by atoms with Gasteiger partial charge in [-0.1, -0.05) is 43.8 Å². The van der Waals surface area contributed by atoms with Crippen LogP contribution in [0.2, 0.25) is 0 Å². The number of imidazole rings is 1. The second kappa shape index (κ2) is 17.8. The second-order valence-corrected chi connectivity index (χ2v) is 14.1. The first-order chi connectivity index (χ1) is 25.8. The molecular formula is C39H50N8O7. The van der Waals surface area contributed by atoms with Crippen molar-refractivity contribution in [2.24, 2.45) is 5.92 Å². The molecule has 15 nitrogen and oxygen atoms in total. The number of carbonyl (C=O) groups excluding carboxylic acids is 3. The van der Waals surface area contributed by atoms with Crippen LogP contribution >= 0.6 is 0 Å². The first-order valence-corrected chi connectivity index (χ1v) is 18.1. The van der Waals surface area contributed by atoms with Gasteiger partial charge in [-0.3, -0.25) is 0 Å². The molecule has 0 saturated carbocycles. The fourth-order valence-electron chi connectivity index (χ4n) is 6.09. The van der Waals surface area contributed by atoms with Crippen LogP contribution in [-0.4, -0.2) is 82.6 Å². The standard InChI is InChI=1S/C39H50N8O7/c1-8-29-33(40-22-31(35(48)54-39(4,5)6)45-37(49)52-23-27-12-10-9-11-13-27)42-24-43-34(29)46-18-16-26(17-19-46)21-41-36-44-30-15-14-28(51-7)20-32(30)47(36)38(50)53-25(2)3/h9-15,20,24,26,31H,2,8,16-19,21-23H2,1,3-7H3,(H,41,44)(H,45,49)(H,40,42,43)/t31-/m0/s1. The fourth-order valence-corrected chi connectivity index (χ4v) is 6.09. The van der Waals surface area contributed by atoms with Gasteiger partial charge in [0, 0.05) is 37.8 Å². The lowest BCUT2D eigenvalue weighted by Gasteiger charge is -2.34. The summed E-state index contributed by atoms with van der Waals surface area (Å²) >= 11 is 0. The summed E-state index contributed by atoms with van der Waals surface area (Å²) < 4.78 is 23.1. The number of anilines is 3. The summed E-state index contributed by atoms with van der Waals surface area (Å²) in [5.41, 5.74) is 2.15. The number of nitrogens with one attached hydrogen (secondary N) is 3. The van der Waals surface area contributed by atoms with E-state index in [-0.39, 0.29) is 18.9 Å². The third-order valence-corrected chi connectivity index (χ3v) is 8.71. The molecule has 1 fully saturated rings. The molecule has 5 rings (SSSR count). The van der Waals surface area contributed by atoms with E-state index < -0.39 is 29.8 Å². The molecule has 0 spiro atoms. The first-order valence-electron chi connectivity index (χ1n) is 18.1. The molecule has 15 heteroatoms. The smallest absolute Gasteiger partial charge is 0.426 e. The highest BCUT2D eigenvalue weighted by atomic mass is 16.6. The number of hydrogen-bond donors (Lipinski definition) is 3. The van der Waals surface area contributed by atoms with Crippen molar-refractivity contribution in [3.05, 3.63) is 78.3 Å². The van der Waals surface area contributed by atoms with Crippen molar-refractivity contribution in [1.82, 2.24) is 24.8 Å². The Morgan fingerprint density at radius 2 is 1.78 bits per heavy atom. The van der Waals surface area contributed by atoms with Gasteiger partial charge in [-0.15, -0.1) is 0 Å². The minimum Gasteiger partial charge on any atom is -0.497 e. The van der Waals surface area contributed by atoms with E-state index in [1.807, 2.05) is 37.3 Å². The maximum Gasteiger partial charge on any atom is 0.426 e. The van der Waals surface area contributed by atoms with E-state index in [9.17, 15) is 14.4 Å². The third kappa shape index (κ3) is 10.4. The third-order valence-electron chi connectivity index (χ3n) is 8.71. The molecule has 1 amide bonds. The highest BCUT2D eigenvalue weighted by Gasteiger charge is 2.29. The molecule has 2 aromatic carbocycles. The summed E-state index contributed by atoms with van der Waals surface area (Å²) in [4.78, 5) is 55.1. The molecule has 0 unspecified atom stereocenters. The minimum absolute atomic E-state index is 0.0179. The van der Waals surface area contributed by atoms with Gasteiger partial charge in [-0.2, -0.15) is 0 Å². The highest BCUT2D eigenvalue weighted by Crippen LogP contribution is 2.30. The zero-order valence-corrected chi connectivity index (χ0v) is 31.8. The van der Waals surface area contributed by atoms with Gasteiger partial charge < -0.3 is 39.8 Å². The largest absolute Gasteiger partial charge is 0.497 e. The van der Waals surface area contributed by atoms with Crippen molar-refractivity contribution in [2.75, 3.05) is 48.8 Å². The summed E-state index contributed by atoms with van der Waals surface area (Å²) in [5, 5.41) is 9.30. The summed E-state index contributed by atoms with van der Waals surface area (Å²) in [6.45, 7) is 14.8. The molecule has 0 radical (unpaired) electrons. The van der Waals surface area contributed by atoms with Gasteiger partial charge in [0.25, 0.3) is 0 Å². The van der Waals surface area contributed by atoms with Crippen molar-refractivity contribution in [2.45, 2.75) is 72.1 Å². The van der Waals surface area contributed by atoms with E-state index in [0.29, 0.717) is 47.4 Å². The van der Waals surface area contributed by atoms with Crippen molar-refractivity contribution in [1.29, 1.82) is 0 Å². The van der Waals surface area contributed by atoms with Gasteiger partial charge in [0.05, 0.1) is 23.9 Å². The Morgan fingerprint density at radius 1 is 1.04 bits per heavy atom. The lowest BCUT2D eigenvalue weighted by atomic mass is 9.96. The van der Waals surface area contributed by atoms with Crippen LogP contribution < -0.4 is 25.6 Å². The number of alkyl carbamates (subject to hydrolysis) is 1. The summed E-state index contributed by atoms with van der Waals surface area (Å²) in [6, 6.07) is 13.6. The van der Waals surface area contributed by atoms with Crippen molar-refractivity contribution in [3.8, 4) is 5.75 Å². The van der Waals surface area contributed by atoms with Crippen LogP contribution in [0.4, 0.5) is 27.2 Å². The summed E-state index contributed by atoms with van der Waals surface area (Å²) in [7, 11) is 1.57. The first kappa shape index (κ1) is 39.3. The van der Waals surface area contributed by atoms with Crippen molar-refractivity contribution in [3.63, 3.8) is 0 Å². The molecular weight excluding hydrogens is 692 g/mol. The monoisotopic (exact) mass is 742 g/mol. The Kier molecular flexibility index (Phi) is 13.0. The number of nitrogens with zero attached hydrogens (tertiary/aromatic N) is 5. The lowest BCUT2D eigenvalue weighted by molar-refractivity contribution is -0.156. The fraction of sp³-hybridized carbons (Fsp3) is 0.436. The highest BCUT2D eigenvalue weighted by molar-refractivity contribution is 5.91.